The Labute approximate surface area is 174 Å². The lowest BCUT2D eigenvalue weighted by molar-refractivity contribution is 0.102. The van der Waals surface area contributed by atoms with Crippen molar-refractivity contribution in [1.29, 1.82) is 0 Å². The Balaban J connectivity index is 1.57. The molecule has 1 unspecified atom stereocenters. The van der Waals surface area contributed by atoms with E-state index in [4.69, 9.17) is 5.73 Å². The van der Waals surface area contributed by atoms with Gasteiger partial charge in [0.25, 0.3) is 5.91 Å². The number of nitrogens with one attached hydrogen (secondary N) is 2. The van der Waals surface area contributed by atoms with Crippen molar-refractivity contribution < 1.29 is 4.79 Å². The average molecular weight is 422 g/mol. The molecule has 5 rings (SSSR count). The number of aromatic nitrogens is 5. The number of benzene rings is 1. The van der Waals surface area contributed by atoms with Crippen molar-refractivity contribution in [1.82, 2.24) is 29.4 Å². The normalized spacial score (nSPS) is 16.2. The van der Waals surface area contributed by atoms with Crippen LogP contribution in [0.1, 0.15) is 22.8 Å². The molecule has 3 aromatic heterocycles. The fraction of sp³-hybridized carbons (Fsp3) is 0.211. The van der Waals surface area contributed by atoms with Gasteiger partial charge in [-0.25, -0.2) is 19.7 Å². The van der Waals surface area contributed by atoms with E-state index in [-0.39, 0.29) is 23.5 Å². The van der Waals surface area contributed by atoms with Crippen LogP contribution in [0.3, 0.4) is 0 Å². The molecule has 10 nitrogen and oxygen atoms in total. The van der Waals surface area contributed by atoms with Gasteiger partial charge in [-0.2, -0.15) is 0 Å². The van der Waals surface area contributed by atoms with Crippen molar-refractivity contribution in [2.45, 2.75) is 12.5 Å². The van der Waals surface area contributed by atoms with E-state index in [1.165, 1.54) is 22.2 Å². The van der Waals surface area contributed by atoms with Gasteiger partial charge in [-0.1, -0.05) is 0 Å². The lowest BCUT2D eigenvalue weighted by atomic mass is 10.2. The minimum Gasteiger partial charge on any atom is -0.382 e. The first-order valence-electron chi connectivity index (χ1n) is 9.39. The van der Waals surface area contributed by atoms with Crippen molar-refractivity contribution in [2.24, 2.45) is 0 Å². The molecule has 0 spiro atoms. The number of nitrogen functional groups attached to an aromatic ring is 1. The van der Waals surface area contributed by atoms with Gasteiger partial charge in [0.05, 0.1) is 11.7 Å². The average Bonchev–Trinajstić information content (AvgIpc) is 3.49. The van der Waals surface area contributed by atoms with Crippen LogP contribution in [0.15, 0.2) is 47.0 Å². The van der Waals surface area contributed by atoms with E-state index in [1.807, 2.05) is 0 Å². The molecule has 1 aliphatic rings. The number of anilines is 2. The minimum absolute atomic E-state index is 0.00102. The third kappa shape index (κ3) is 3.04. The number of carbonyl (C=O) groups excluding carboxylic acids is 1. The number of thiazole rings is 1. The van der Waals surface area contributed by atoms with Crippen LogP contribution in [0, 0.1) is 0 Å². The zero-order chi connectivity index (χ0) is 20.7. The van der Waals surface area contributed by atoms with E-state index >= 15 is 0 Å². The number of rotatable bonds is 4. The van der Waals surface area contributed by atoms with Crippen LogP contribution in [-0.4, -0.2) is 43.1 Å². The van der Waals surface area contributed by atoms with E-state index in [0.717, 1.165) is 13.0 Å². The van der Waals surface area contributed by atoms with Crippen LogP contribution in [0.5, 0.6) is 0 Å². The zero-order valence-electron chi connectivity index (χ0n) is 15.8. The first kappa shape index (κ1) is 18.5. The Morgan fingerprint density at radius 1 is 1.23 bits per heavy atom. The highest BCUT2D eigenvalue weighted by atomic mass is 32.1. The fourth-order valence-electron chi connectivity index (χ4n) is 3.71. The Hall–Kier alpha value is -3.57. The monoisotopic (exact) mass is 422 g/mol. The SMILES string of the molecule is Nc1ncnc2c1n(-c1ccc(C(=O)Nc3nccs3)cc1)c(=O)n2C1CCNC1. The Bertz CT molecular complexity index is 1270. The van der Waals surface area contributed by atoms with Crippen molar-refractivity contribution in [3.8, 4) is 5.69 Å². The zero-order valence-corrected chi connectivity index (χ0v) is 16.6. The van der Waals surface area contributed by atoms with Gasteiger partial charge in [0.2, 0.25) is 0 Å². The number of nitrogens with two attached hydrogens (primary N) is 1. The summed E-state index contributed by atoms with van der Waals surface area (Å²) in [6.07, 6.45) is 3.82. The Kier molecular flexibility index (Phi) is 4.52. The number of carbonyl (C=O) groups is 1. The third-order valence-corrected chi connectivity index (χ3v) is 5.81. The number of imidazole rings is 1. The minimum atomic E-state index is -0.272. The van der Waals surface area contributed by atoms with Crippen LogP contribution in [0.25, 0.3) is 16.9 Å². The molecule has 152 valence electrons. The molecule has 4 heterocycles. The van der Waals surface area contributed by atoms with Crippen molar-refractivity contribution in [3.05, 3.63) is 58.2 Å². The molecule has 4 aromatic rings. The van der Waals surface area contributed by atoms with Gasteiger partial charge in [0, 0.05) is 23.7 Å². The smallest absolute Gasteiger partial charge is 0.335 e. The summed E-state index contributed by atoms with van der Waals surface area (Å²) in [7, 11) is 0. The molecular weight excluding hydrogens is 404 g/mol. The fourth-order valence-corrected chi connectivity index (χ4v) is 4.24. The van der Waals surface area contributed by atoms with Crippen LogP contribution in [0.4, 0.5) is 10.9 Å². The lowest BCUT2D eigenvalue weighted by Gasteiger charge is -2.09. The van der Waals surface area contributed by atoms with Crippen molar-refractivity contribution >= 4 is 39.4 Å². The number of hydrogen-bond donors (Lipinski definition) is 3. The molecule has 0 bridgehead atoms. The maximum absolute atomic E-state index is 13.3. The van der Waals surface area contributed by atoms with E-state index in [2.05, 4.69) is 25.6 Å². The first-order chi connectivity index (χ1) is 14.6. The molecule has 1 atom stereocenters. The van der Waals surface area contributed by atoms with E-state index in [0.29, 0.717) is 34.1 Å². The van der Waals surface area contributed by atoms with Gasteiger partial charge in [0.15, 0.2) is 16.6 Å². The van der Waals surface area contributed by atoms with Crippen molar-refractivity contribution in [2.75, 3.05) is 24.1 Å². The van der Waals surface area contributed by atoms with Crippen LogP contribution >= 0.6 is 11.3 Å². The molecule has 11 heteroatoms. The van der Waals surface area contributed by atoms with E-state index < -0.39 is 0 Å². The Morgan fingerprint density at radius 3 is 2.77 bits per heavy atom. The summed E-state index contributed by atoms with van der Waals surface area (Å²) in [5.41, 5.74) is 7.90. The predicted octanol–water partition coefficient (Wildman–Crippen LogP) is 1.41. The quantitative estimate of drug-likeness (QED) is 0.453. The molecular formula is C19H18N8O2S. The molecule has 0 aliphatic carbocycles. The summed E-state index contributed by atoms with van der Waals surface area (Å²) >= 11 is 1.34. The molecule has 30 heavy (non-hydrogen) atoms. The van der Waals surface area contributed by atoms with Gasteiger partial charge in [-0.3, -0.25) is 19.2 Å². The van der Waals surface area contributed by atoms with Crippen molar-refractivity contribution in [3.63, 3.8) is 0 Å². The van der Waals surface area contributed by atoms with E-state index in [1.54, 1.807) is 40.4 Å². The topological polar surface area (TPSA) is 133 Å². The standard InChI is InChI=1S/C19H18N8O2S/c20-15-14-16(24-10-23-15)27(13-5-6-21-9-13)19(29)26(14)12-3-1-11(2-4-12)17(28)25-18-22-7-8-30-18/h1-4,7-8,10,13,21H,5-6,9H2,(H2,20,23,24)(H,22,25,28). The molecule has 4 N–H and O–H groups in total. The summed E-state index contributed by atoms with van der Waals surface area (Å²) < 4.78 is 3.18. The molecule has 1 amide bonds. The van der Waals surface area contributed by atoms with E-state index in [9.17, 15) is 9.59 Å². The number of nitrogens with zero attached hydrogens (tertiary/aromatic N) is 5. The third-order valence-electron chi connectivity index (χ3n) is 5.12. The summed E-state index contributed by atoms with van der Waals surface area (Å²) in [5, 5.41) is 8.32. The summed E-state index contributed by atoms with van der Waals surface area (Å²) in [6.45, 7) is 1.53. The highest BCUT2D eigenvalue weighted by Crippen LogP contribution is 2.25. The largest absolute Gasteiger partial charge is 0.382 e. The predicted molar refractivity (Wildman–Crippen MR) is 114 cm³/mol. The molecule has 1 fully saturated rings. The van der Waals surface area contributed by atoms with Gasteiger partial charge in [0.1, 0.15) is 11.8 Å². The summed E-state index contributed by atoms with van der Waals surface area (Å²) in [4.78, 5) is 38.2. The first-order valence-corrected chi connectivity index (χ1v) is 10.3. The maximum atomic E-state index is 13.3. The summed E-state index contributed by atoms with van der Waals surface area (Å²) in [6, 6.07) is 6.73. The van der Waals surface area contributed by atoms with Gasteiger partial charge in [-0.05, 0) is 37.2 Å². The van der Waals surface area contributed by atoms with Crippen LogP contribution in [0.2, 0.25) is 0 Å². The molecule has 1 saturated heterocycles. The number of amides is 1. The number of fused-ring (bicyclic) bond motifs is 1. The second kappa shape index (κ2) is 7.35. The molecule has 0 radical (unpaired) electrons. The van der Waals surface area contributed by atoms with Crippen LogP contribution in [-0.2, 0) is 0 Å². The molecule has 1 aromatic carbocycles. The van der Waals surface area contributed by atoms with Gasteiger partial charge >= 0.3 is 5.69 Å². The highest BCUT2D eigenvalue weighted by Gasteiger charge is 2.26. The van der Waals surface area contributed by atoms with Gasteiger partial charge < -0.3 is 11.1 Å². The second-order valence-electron chi connectivity index (χ2n) is 6.90. The second-order valence-corrected chi connectivity index (χ2v) is 7.80. The van der Waals surface area contributed by atoms with Gasteiger partial charge in [-0.15, -0.1) is 11.3 Å². The Morgan fingerprint density at radius 2 is 2.07 bits per heavy atom. The summed E-state index contributed by atoms with van der Waals surface area (Å²) in [5.74, 6) is -0.0430. The lowest BCUT2D eigenvalue weighted by Crippen LogP contribution is -2.28. The highest BCUT2D eigenvalue weighted by molar-refractivity contribution is 7.13. The molecule has 1 aliphatic heterocycles. The molecule has 0 saturated carbocycles. The maximum Gasteiger partial charge on any atom is 0.335 e. The number of hydrogen-bond acceptors (Lipinski definition) is 8. The van der Waals surface area contributed by atoms with Crippen LogP contribution < -0.4 is 22.1 Å².